The lowest BCUT2D eigenvalue weighted by atomic mass is 9.97. The van der Waals surface area contributed by atoms with Crippen LogP contribution in [0.25, 0.3) is 0 Å². The predicted molar refractivity (Wildman–Crippen MR) is 82.2 cm³/mol. The Hall–Kier alpha value is -1.75. The average Bonchev–Trinajstić information content (AvgIpc) is 2.47. The first-order valence-electron chi connectivity index (χ1n) is 6.96. The van der Waals surface area contributed by atoms with Crippen molar-refractivity contribution < 1.29 is 14.3 Å². The molecule has 1 saturated heterocycles. The largest absolute Gasteiger partial charge is 0.495 e. The lowest BCUT2D eigenvalue weighted by Gasteiger charge is -2.28. The molecule has 114 valence electrons. The van der Waals surface area contributed by atoms with Gasteiger partial charge < -0.3 is 4.74 Å². The van der Waals surface area contributed by atoms with Crippen molar-refractivity contribution in [2.75, 3.05) is 18.6 Å². The van der Waals surface area contributed by atoms with Crippen LogP contribution in [0.4, 0.5) is 10.5 Å². The van der Waals surface area contributed by atoms with E-state index < -0.39 is 6.03 Å². The molecule has 1 aliphatic heterocycles. The number of hydrogen-bond donors (Lipinski definition) is 1. The van der Waals surface area contributed by atoms with Crippen LogP contribution in [0.1, 0.15) is 38.2 Å². The molecule has 0 radical (unpaired) electrons. The Morgan fingerprint density at radius 3 is 2.71 bits per heavy atom. The van der Waals surface area contributed by atoms with Crippen molar-refractivity contribution in [2.45, 2.75) is 32.6 Å². The van der Waals surface area contributed by atoms with Gasteiger partial charge in [0.25, 0.3) is 0 Å². The van der Waals surface area contributed by atoms with Gasteiger partial charge in [-0.25, -0.2) is 4.79 Å². The van der Waals surface area contributed by atoms with E-state index in [4.69, 9.17) is 16.3 Å². The molecule has 1 heterocycles. The zero-order valence-corrected chi connectivity index (χ0v) is 13.2. The topological polar surface area (TPSA) is 58.6 Å². The minimum Gasteiger partial charge on any atom is -0.495 e. The van der Waals surface area contributed by atoms with Crippen LogP contribution in [0.15, 0.2) is 12.1 Å². The summed E-state index contributed by atoms with van der Waals surface area (Å²) in [6, 6.07) is 3.35. The fourth-order valence-electron chi connectivity index (χ4n) is 2.26. The number of carbonyl (C=O) groups is 2. The van der Waals surface area contributed by atoms with Crippen molar-refractivity contribution >= 4 is 29.2 Å². The average molecular weight is 311 g/mol. The van der Waals surface area contributed by atoms with Gasteiger partial charge in [0.15, 0.2) is 0 Å². The maximum atomic E-state index is 12.0. The number of anilines is 1. The number of imide groups is 1. The maximum absolute atomic E-state index is 12.0. The third-order valence-electron chi connectivity index (χ3n) is 3.79. The van der Waals surface area contributed by atoms with Crippen molar-refractivity contribution in [2.24, 2.45) is 0 Å². The summed E-state index contributed by atoms with van der Waals surface area (Å²) in [5.41, 5.74) is 1.63. The summed E-state index contributed by atoms with van der Waals surface area (Å²) in [6.45, 7) is 4.52. The number of nitrogens with one attached hydrogen (secondary N) is 1. The standard InChI is InChI=1S/C15H19ClN2O3/c1-4-9(2)10-7-11(14(16)12(8-10)21-3)18-6-5-13(19)17-15(18)20/h7-9H,4-6H2,1-3H3,(H,17,19,20). The van der Waals surface area contributed by atoms with Crippen molar-refractivity contribution in [3.8, 4) is 5.75 Å². The Labute approximate surface area is 129 Å². The van der Waals surface area contributed by atoms with Crippen LogP contribution < -0.4 is 15.0 Å². The SMILES string of the molecule is CCC(C)c1cc(OC)c(Cl)c(N2CCC(=O)NC2=O)c1. The number of nitrogens with zero attached hydrogens (tertiary/aromatic N) is 1. The van der Waals surface area contributed by atoms with E-state index in [9.17, 15) is 9.59 Å². The van der Waals surface area contributed by atoms with Crippen LogP contribution in [0.3, 0.4) is 0 Å². The molecule has 21 heavy (non-hydrogen) atoms. The van der Waals surface area contributed by atoms with E-state index in [0.717, 1.165) is 12.0 Å². The number of benzene rings is 1. The fourth-order valence-corrected chi connectivity index (χ4v) is 2.55. The number of rotatable bonds is 4. The van der Waals surface area contributed by atoms with E-state index in [1.165, 1.54) is 4.90 Å². The highest BCUT2D eigenvalue weighted by Crippen LogP contribution is 2.39. The molecule has 1 aliphatic rings. The zero-order chi connectivity index (χ0) is 15.6. The Balaban J connectivity index is 2.46. The molecule has 0 aliphatic carbocycles. The molecule has 1 fully saturated rings. The molecule has 0 bridgehead atoms. The predicted octanol–water partition coefficient (Wildman–Crippen LogP) is 3.31. The highest BCUT2D eigenvalue weighted by Gasteiger charge is 2.27. The van der Waals surface area contributed by atoms with E-state index >= 15 is 0 Å². The smallest absolute Gasteiger partial charge is 0.328 e. The number of carbonyl (C=O) groups excluding carboxylic acids is 2. The van der Waals surface area contributed by atoms with Gasteiger partial charge in [0.1, 0.15) is 10.8 Å². The number of methoxy groups -OCH3 is 1. The monoisotopic (exact) mass is 310 g/mol. The summed E-state index contributed by atoms with van der Waals surface area (Å²) in [5.74, 6) is 0.594. The third-order valence-corrected chi connectivity index (χ3v) is 4.17. The van der Waals surface area contributed by atoms with Gasteiger partial charge in [0.2, 0.25) is 5.91 Å². The summed E-state index contributed by atoms with van der Waals surface area (Å²) >= 11 is 6.33. The number of urea groups is 1. The van der Waals surface area contributed by atoms with Gasteiger partial charge in [-0.3, -0.25) is 15.0 Å². The van der Waals surface area contributed by atoms with Gasteiger partial charge in [-0.1, -0.05) is 25.4 Å². The quantitative estimate of drug-likeness (QED) is 0.928. The highest BCUT2D eigenvalue weighted by molar-refractivity contribution is 6.35. The van der Waals surface area contributed by atoms with Crippen LogP contribution in [0, 0.1) is 0 Å². The van der Waals surface area contributed by atoms with Gasteiger partial charge in [-0.05, 0) is 30.0 Å². The van der Waals surface area contributed by atoms with E-state index in [1.54, 1.807) is 7.11 Å². The van der Waals surface area contributed by atoms with E-state index in [1.807, 2.05) is 12.1 Å². The molecule has 5 nitrogen and oxygen atoms in total. The number of halogens is 1. The molecular weight excluding hydrogens is 292 g/mol. The summed E-state index contributed by atoms with van der Waals surface area (Å²) in [6.07, 6.45) is 1.23. The molecule has 1 aromatic rings. The Morgan fingerprint density at radius 1 is 1.43 bits per heavy atom. The van der Waals surface area contributed by atoms with E-state index in [0.29, 0.717) is 28.9 Å². The first-order valence-corrected chi connectivity index (χ1v) is 7.34. The second-order valence-electron chi connectivity index (χ2n) is 5.12. The van der Waals surface area contributed by atoms with Crippen LogP contribution in [-0.4, -0.2) is 25.6 Å². The van der Waals surface area contributed by atoms with E-state index in [-0.39, 0.29) is 12.3 Å². The number of hydrogen-bond acceptors (Lipinski definition) is 3. The number of amides is 3. The minimum absolute atomic E-state index is 0.262. The summed E-state index contributed by atoms with van der Waals surface area (Å²) < 4.78 is 5.31. The molecule has 2 rings (SSSR count). The minimum atomic E-state index is -0.448. The van der Waals surface area contributed by atoms with Crippen LogP contribution in [0.5, 0.6) is 5.75 Å². The summed E-state index contributed by atoms with van der Waals surface area (Å²) in [5, 5.41) is 2.69. The van der Waals surface area contributed by atoms with Gasteiger partial charge in [-0.15, -0.1) is 0 Å². The molecule has 1 aromatic carbocycles. The fraction of sp³-hybridized carbons (Fsp3) is 0.467. The lowest BCUT2D eigenvalue weighted by Crippen LogP contribution is -2.49. The van der Waals surface area contributed by atoms with Crippen molar-refractivity contribution in [1.29, 1.82) is 0 Å². The van der Waals surface area contributed by atoms with Crippen LogP contribution >= 0.6 is 11.6 Å². The molecular formula is C15H19ClN2O3. The molecule has 6 heteroatoms. The molecule has 1 atom stereocenters. The van der Waals surface area contributed by atoms with Crippen molar-refractivity contribution in [3.05, 3.63) is 22.7 Å². The second-order valence-corrected chi connectivity index (χ2v) is 5.50. The Bertz CT molecular complexity index is 574. The van der Waals surface area contributed by atoms with Crippen LogP contribution in [0.2, 0.25) is 5.02 Å². The summed E-state index contributed by atoms with van der Waals surface area (Å²) in [4.78, 5) is 24.8. The van der Waals surface area contributed by atoms with Gasteiger partial charge in [0.05, 0.1) is 12.8 Å². The zero-order valence-electron chi connectivity index (χ0n) is 12.4. The molecule has 0 spiro atoms. The first kappa shape index (κ1) is 15.6. The highest BCUT2D eigenvalue weighted by atomic mass is 35.5. The second kappa shape index (κ2) is 6.35. The molecule has 1 N–H and O–H groups in total. The summed E-state index contributed by atoms with van der Waals surface area (Å²) in [7, 11) is 1.55. The normalized spacial score (nSPS) is 16.7. The molecule has 0 aromatic heterocycles. The maximum Gasteiger partial charge on any atom is 0.328 e. The van der Waals surface area contributed by atoms with Gasteiger partial charge in [-0.2, -0.15) is 0 Å². The van der Waals surface area contributed by atoms with Crippen molar-refractivity contribution in [1.82, 2.24) is 5.32 Å². The van der Waals surface area contributed by atoms with Crippen molar-refractivity contribution in [3.63, 3.8) is 0 Å². The molecule has 3 amide bonds. The first-order chi connectivity index (χ1) is 9.97. The lowest BCUT2D eigenvalue weighted by molar-refractivity contribution is -0.120. The Morgan fingerprint density at radius 2 is 2.14 bits per heavy atom. The molecule has 0 saturated carbocycles. The van der Waals surface area contributed by atoms with Gasteiger partial charge in [0, 0.05) is 13.0 Å². The number of ether oxygens (including phenoxy) is 1. The van der Waals surface area contributed by atoms with Crippen LogP contribution in [-0.2, 0) is 4.79 Å². The van der Waals surface area contributed by atoms with Gasteiger partial charge >= 0.3 is 6.03 Å². The van der Waals surface area contributed by atoms with E-state index in [2.05, 4.69) is 19.2 Å². The Kier molecular flexibility index (Phi) is 4.73. The molecule has 1 unspecified atom stereocenters. The third kappa shape index (κ3) is 3.13.